The zero-order valence-electron chi connectivity index (χ0n) is 12.5. The first-order chi connectivity index (χ1) is 11.1. The number of aliphatic carboxylic acids is 1. The number of aryl methyl sites for hydroxylation is 1. The number of aromatic nitrogens is 2. The van der Waals surface area contributed by atoms with E-state index in [1.807, 2.05) is 5.38 Å². The van der Waals surface area contributed by atoms with Crippen molar-refractivity contribution in [2.45, 2.75) is 44.7 Å². The maximum Gasteiger partial charge on any atom is 0.326 e. The fourth-order valence-electron chi connectivity index (χ4n) is 3.50. The van der Waals surface area contributed by atoms with E-state index < -0.39 is 12.0 Å². The number of imidazole rings is 1. The minimum atomic E-state index is -0.976. The Kier molecular flexibility index (Phi) is 3.45. The van der Waals surface area contributed by atoms with Gasteiger partial charge in [-0.15, -0.1) is 11.3 Å². The molecule has 4 rings (SSSR count). The highest BCUT2D eigenvalue weighted by Crippen LogP contribution is 2.32. The van der Waals surface area contributed by atoms with E-state index >= 15 is 0 Å². The zero-order chi connectivity index (χ0) is 16.0. The summed E-state index contributed by atoms with van der Waals surface area (Å²) in [4.78, 5) is 34.6. The van der Waals surface area contributed by atoms with Crippen molar-refractivity contribution in [2.75, 3.05) is 0 Å². The molecule has 1 atom stereocenters. The van der Waals surface area contributed by atoms with Crippen molar-refractivity contribution in [3.05, 3.63) is 39.1 Å². The van der Waals surface area contributed by atoms with E-state index in [1.165, 1.54) is 16.2 Å². The van der Waals surface area contributed by atoms with Crippen molar-refractivity contribution >= 4 is 23.2 Å². The number of nitrogens with one attached hydrogen (secondary N) is 1. The summed E-state index contributed by atoms with van der Waals surface area (Å²) in [6.45, 7) is 0.274. The van der Waals surface area contributed by atoms with E-state index in [4.69, 9.17) is 0 Å². The Bertz CT molecular complexity index is 779. The van der Waals surface area contributed by atoms with Crippen LogP contribution in [0.3, 0.4) is 0 Å². The van der Waals surface area contributed by atoms with Gasteiger partial charge in [0.2, 0.25) is 0 Å². The lowest BCUT2D eigenvalue weighted by atomic mass is 9.94. The molecule has 0 spiro atoms. The number of amides is 1. The summed E-state index contributed by atoms with van der Waals surface area (Å²) in [5, 5.41) is 11.4. The van der Waals surface area contributed by atoms with E-state index in [9.17, 15) is 14.7 Å². The summed E-state index contributed by atoms with van der Waals surface area (Å²) in [6.07, 6.45) is 6.02. The van der Waals surface area contributed by atoms with Crippen molar-refractivity contribution in [1.82, 2.24) is 14.9 Å². The third-order valence-electron chi connectivity index (χ3n) is 4.74. The SMILES string of the molecule is O=C(O)[C@H]1Cc2nc[nH]c2CN1C(=O)c1csc2c1CCCC2. The molecule has 23 heavy (non-hydrogen) atoms. The Balaban J connectivity index is 1.69. The first kappa shape index (κ1) is 14.4. The largest absolute Gasteiger partial charge is 0.480 e. The van der Waals surface area contributed by atoms with Crippen molar-refractivity contribution in [3.8, 4) is 0 Å². The standard InChI is InChI=1S/C16H17N3O3S/c20-15(10-7-23-14-4-2-1-3-9(10)14)19-6-12-11(17-8-18-12)5-13(19)16(21)22/h7-8,13H,1-6H2,(H,17,18)(H,21,22)/t13-/m1/s1. The number of H-pyrrole nitrogens is 1. The molecule has 3 heterocycles. The predicted molar refractivity (Wildman–Crippen MR) is 84.6 cm³/mol. The molecule has 7 heteroatoms. The number of thiophene rings is 1. The van der Waals surface area contributed by atoms with Crippen LogP contribution < -0.4 is 0 Å². The van der Waals surface area contributed by atoms with Gasteiger partial charge < -0.3 is 15.0 Å². The third-order valence-corrected chi connectivity index (χ3v) is 5.83. The van der Waals surface area contributed by atoms with E-state index in [0.717, 1.165) is 36.2 Å². The van der Waals surface area contributed by atoms with Crippen LogP contribution in [0.25, 0.3) is 0 Å². The predicted octanol–water partition coefficient (Wildman–Crippen LogP) is 2.00. The molecular formula is C16H17N3O3S. The number of hydrogen-bond acceptors (Lipinski definition) is 4. The minimum absolute atomic E-state index is 0.169. The topological polar surface area (TPSA) is 86.3 Å². The number of carboxylic acids is 1. The second kappa shape index (κ2) is 5.49. The molecule has 0 unspecified atom stereocenters. The average Bonchev–Trinajstić information content (AvgIpc) is 3.19. The molecule has 0 saturated carbocycles. The van der Waals surface area contributed by atoms with Gasteiger partial charge in [-0.2, -0.15) is 0 Å². The molecule has 0 fully saturated rings. The van der Waals surface area contributed by atoms with Crippen LogP contribution in [-0.2, 0) is 30.6 Å². The lowest BCUT2D eigenvalue weighted by molar-refractivity contribution is -0.142. The molecule has 1 aliphatic heterocycles. The van der Waals surface area contributed by atoms with Crippen LogP contribution in [0.2, 0.25) is 0 Å². The highest BCUT2D eigenvalue weighted by atomic mass is 32.1. The first-order valence-corrected chi connectivity index (χ1v) is 8.67. The second-order valence-electron chi connectivity index (χ2n) is 6.08. The van der Waals surface area contributed by atoms with Crippen molar-refractivity contribution in [2.24, 2.45) is 0 Å². The molecule has 1 amide bonds. The molecule has 1 aliphatic carbocycles. The van der Waals surface area contributed by atoms with Gasteiger partial charge in [0.15, 0.2) is 0 Å². The Morgan fingerprint density at radius 2 is 2.17 bits per heavy atom. The van der Waals surface area contributed by atoms with Gasteiger partial charge in [0.25, 0.3) is 5.91 Å². The molecule has 0 aromatic carbocycles. The van der Waals surface area contributed by atoms with Crippen LogP contribution in [-0.4, -0.2) is 37.9 Å². The first-order valence-electron chi connectivity index (χ1n) is 7.79. The maximum atomic E-state index is 13.0. The van der Waals surface area contributed by atoms with Crippen molar-refractivity contribution in [1.29, 1.82) is 0 Å². The molecule has 0 radical (unpaired) electrons. The van der Waals surface area contributed by atoms with Crippen LogP contribution in [0, 0.1) is 0 Å². The van der Waals surface area contributed by atoms with Crippen molar-refractivity contribution < 1.29 is 14.7 Å². The average molecular weight is 331 g/mol. The molecule has 120 valence electrons. The Morgan fingerprint density at radius 1 is 1.35 bits per heavy atom. The summed E-state index contributed by atoms with van der Waals surface area (Å²) in [6, 6.07) is -0.850. The quantitative estimate of drug-likeness (QED) is 0.881. The highest BCUT2D eigenvalue weighted by Gasteiger charge is 2.37. The highest BCUT2D eigenvalue weighted by molar-refractivity contribution is 7.10. The minimum Gasteiger partial charge on any atom is -0.480 e. The summed E-state index contributed by atoms with van der Waals surface area (Å²) in [5.41, 5.74) is 3.40. The van der Waals surface area contributed by atoms with Gasteiger partial charge in [-0.05, 0) is 31.2 Å². The monoisotopic (exact) mass is 331 g/mol. The molecular weight excluding hydrogens is 314 g/mol. The van der Waals surface area contributed by atoms with Gasteiger partial charge in [-0.1, -0.05) is 0 Å². The van der Waals surface area contributed by atoms with Crippen LogP contribution >= 0.6 is 11.3 Å². The van der Waals surface area contributed by atoms with Crippen molar-refractivity contribution in [3.63, 3.8) is 0 Å². The van der Waals surface area contributed by atoms with Gasteiger partial charge in [0.1, 0.15) is 6.04 Å². The number of aromatic amines is 1. The Hall–Kier alpha value is -2.15. The number of nitrogens with zero attached hydrogens (tertiary/aromatic N) is 2. The second-order valence-corrected chi connectivity index (χ2v) is 7.04. The van der Waals surface area contributed by atoms with E-state index in [1.54, 1.807) is 17.7 Å². The summed E-state index contributed by atoms with van der Waals surface area (Å²) < 4.78 is 0. The number of carboxylic acid groups (broad SMARTS) is 1. The molecule has 0 bridgehead atoms. The van der Waals surface area contributed by atoms with Gasteiger partial charge in [-0.3, -0.25) is 4.79 Å². The van der Waals surface area contributed by atoms with E-state index in [0.29, 0.717) is 5.56 Å². The van der Waals surface area contributed by atoms with Gasteiger partial charge in [-0.25, -0.2) is 9.78 Å². The summed E-state index contributed by atoms with van der Waals surface area (Å²) in [5.74, 6) is -1.15. The normalized spacial score (nSPS) is 20.0. The molecule has 2 N–H and O–H groups in total. The van der Waals surface area contributed by atoms with Crippen LogP contribution in [0.4, 0.5) is 0 Å². The number of carbonyl (C=O) groups excluding carboxylic acids is 1. The lowest BCUT2D eigenvalue weighted by Crippen LogP contribution is -2.48. The smallest absolute Gasteiger partial charge is 0.326 e. The van der Waals surface area contributed by atoms with Crippen LogP contribution in [0.5, 0.6) is 0 Å². The summed E-state index contributed by atoms with van der Waals surface area (Å²) in [7, 11) is 0. The third kappa shape index (κ3) is 2.35. The fraction of sp³-hybridized carbons (Fsp3) is 0.438. The summed E-state index contributed by atoms with van der Waals surface area (Å²) >= 11 is 1.63. The molecule has 2 aromatic heterocycles. The van der Waals surface area contributed by atoms with E-state index in [2.05, 4.69) is 9.97 Å². The van der Waals surface area contributed by atoms with E-state index in [-0.39, 0.29) is 18.9 Å². The Morgan fingerprint density at radius 3 is 3.00 bits per heavy atom. The zero-order valence-corrected chi connectivity index (χ0v) is 13.4. The molecule has 0 saturated heterocycles. The number of carbonyl (C=O) groups is 2. The number of hydrogen-bond donors (Lipinski definition) is 2. The van der Waals surface area contributed by atoms with Gasteiger partial charge in [0, 0.05) is 16.7 Å². The Labute approximate surface area is 137 Å². The molecule has 6 nitrogen and oxygen atoms in total. The molecule has 2 aliphatic rings. The fourth-order valence-corrected chi connectivity index (χ4v) is 4.62. The van der Waals surface area contributed by atoms with Gasteiger partial charge >= 0.3 is 5.97 Å². The number of rotatable bonds is 2. The van der Waals surface area contributed by atoms with Crippen LogP contribution in [0.15, 0.2) is 11.7 Å². The lowest BCUT2D eigenvalue weighted by Gasteiger charge is -2.32. The van der Waals surface area contributed by atoms with Crippen LogP contribution in [0.1, 0.15) is 45.0 Å². The molecule has 2 aromatic rings. The van der Waals surface area contributed by atoms with Gasteiger partial charge in [0.05, 0.1) is 29.8 Å². The number of fused-ring (bicyclic) bond motifs is 2. The maximum absolute atomic E-state index is 13.0.